The van der Waals surface area contributed by atoms with E-state index in [9.17, 15) is 4.79 Å². The van der Waals surface area contributed by atoms with E-state index in [1.165, 1.54) is 7.11 Å². The molecule has 1 aromatic rings. The predicted molar refractivity (Wildman–Crippen MR) is 68.4 cm³/mol. The highest BCUT2D eigenvalue weighted by Gasteiger charge is 2.31. The lowest BCUT2D eigenvalue weighted by molar-refractivity contribution is -0.122. The van der Waals surface area contributed by atoms with Crippen molar-refractivity contribution >= 4 is 17.3 Å². The molecule has 5 heteroatoms. The number of benzene rings is 1. The normalized spacial score (nSPS) is 17.2. The molecule has 0 aromatic heterocycles. The van der Waals surface area contributed by atoms with Crippen molar-refractivity contribution in [2.24, 2.45) is 0 Å². The third-order valence-electron chi connectivity index (χ3n) is 3.37. The number of anilines is 2. The maximum atomic E-state index is 12.0. The van der Waals surface area contributed by atoms with Crippen LogP contribution in [0.5, 0.6) is 5.75 Å². The second kappa shape index (κ2) is 4.49. The molecule has 2 aliphatic heterocycles. The Balaban J connectivity index is 2.01. The Morgan fingerprint density at radius 2 is 2.28 bits per heavy atom. The Hall–Kier alpha value is -1.75. The Morgan fingerprint density at radius 1 is 1.39 bits per heavy atom. The van der Waals surface area contributed by atoms with Gasteiger partial charge in [0.1, 0.15) is 24.7 Å². The summed E-state index contributed by atoms with van der Waals surface area (Å²) in [7, 11) is 1.54. The third-order valence-corrected chi connectivity index (χ3v) is 3.37. The fourth-order valence-electron chi connectivity index (χ4n) is 2.57. The highest BCUT2D eigenvalue weighted by Crippen LogP contribution is 2.42. The van der Waals surface area contributed by atoms with Crippen molar-refractivity contribution in [2.45, 2.75) is 0 Å². The van der Waals surface area contributed by atoms with Gasteiger partial charge >= 0.3 is 0 Å². The SMILES string of the molecule is COCC(=O)N1CCN2CCOc3cccc1c32. The monoisotopic (exact) mass is 248 g/mol. The minimum absolute atomic E-state index is 0.00359. The van der Waals surface area contributed by atoms with E-state index in [-0.39, 0.29) is 12.5 Å². The number of rotatable bonds is 2. The molecule has 18 heavy (non-hydrogen) atoms. The van der Waals surface area contributed by atoms with Crippen LogP contribution in [0.15, 0.2) is 18.2 Å². The first-order valence-corrected chi connectivity index (χ1v) is 6.11. The molecule has 0 fully saturated rings. The number of amides is 1. The van der Waals surface area contributed by atoms with Gasteiger partial charge in [-0.15, -0.1) is 0 Å². The van der Waals surface area contributed by atoms with Crippen molar-refractivity contribution in [3.8, 4) is 5.75 Å². The van der Waals surface area contributed by atoms with Gasteiger partial charge in [0.2, 0.25) is 0 Å². The zero-order chi connectivity index (χ0) is 12.5. The molecule has 3 rings (SSSR count). The number of ether oxygens (including phenoxy) is 2. The van der Waals surface area contributed by atoms with E-state index in [4.69, 9.17) is 9.47 Å². The molecule has 0 bridgehead atoms. The zero-order valence-corrected chi connectivity index (χ0v) is 10.4. The first-order chi connectivity index (χ1) is 8.81. The van der Waals surface area contributed by atoms with Crippen molar-refractivity contribution in [3.63, 3.8) is 0 Å². The highest BCUT2D eigenvalue weighted by atomic mass is 16.5. The zero-order valence-electron chi connectivity index (χ0n) is 10.4. The topological polar surface area (TPSA) is 42.0 Å². The van der Waals surface area contributed by atoms with Gasteiger partial charge in [-0.3, -0.25) is 4.79 Å². The summed E-state index contributed by atoms with van der Waals surface area (Å²) in [6.07, 6.45) is 0. The Labute approximate surface area is 106 Å². The molecule has 5 nitrogen and oxygen atoms in total. The number of hydrogen-bond acceptors (Lipinski definition) is 4. The minimum atomic E-state index is -0.00359. The number of carbonyl (C=O) groups excluding carboxylic acids is 1. The Bertz CT molecular complexity index is 475. The minimum Gasteiger partial charge on any atom is -0.489 e. The molecule has 2 heterocycles. The molecule has 0 spiro atoms. The highest BCUT2D eigenvalue weighted by molar-refractivity contribution is 5.99. The summed E-state index contributed by atoms with van der Waals surface area (Å²) in [5.41, 5.74) is 1.97. The summed E-state index contributed by atoms with van der Waals surface area (Å²) < 4.78 is 10.6. The van der Waals surface area contributed by atoms with Crippen LogP contribution in [0.1, 0.15) is 0 Å². The first-order valence-electron chi connectivity index (χ1n) is 6.11. The molecule has 0 radical (unpaired) electrons. The van der Waals surface area contributed by atoms with Crippen LogP contribution in [-0.4, -0.2) is 45.9 Å². The van der Waals surface area contributed by atoms with Gasteiger partial charge in [0.25, 0.3) is 5.91 Å². The molecule has 0 N–H and O–H groups in total. The lowest BCUT2D eigenvalue weighted by Gasteiger charge is -2.40. The summed E-state index contributed by atoms with van der Waals surface area (Å²) in [5.74, 6) is 0.866. The van der Waals surface area contributed by atoms with Crippen LogP contribution in [0, 0.1) is 0 Å². The van der Waals surface area contributed by atoms with Crippen LogP contribution in [0.25, 0.3) is 0 Å². The number of methoxy groups -OCH3 is 1. The van der Waals surface area contributed by atoms with E-state index in [0.29, 0.717) is 13.2 Å². The molecular weight excluding hydrogens is 232 g/mol. The van der Waals surface area contributed by atoms with Crippen molar-refractivity contribution in [2.75, 3.05) is 49.8 Å². The van der Waals surface area contributed by atoms with E-state index < -0.39 is 0 Å². The molecule has 96 valence electrons. The molecular formula is C13H16N2O3. The first kappa shape index (κ1) is 11.3. The average Bonchev–Trinajstić information content (AvgIpc) is 2.40. The van der Waals surface area contributed by atoms with Crippen LogP contribution in [0.2, 0.25) is 0 Å². The summed E-state index contributed by atoms with van der Waals surface area (Å²) in [6, 6.07) is 5.85. The van der Waals surface area contributed by atoms with Crippen LogP contribution < -0.4 is 14.5 Å². The third kappa shape index (κ3) is 1.71. The number of nitrogens with zero attached hydrogens (tertiary/aromatic N) is 2. The van der Waals surface area contributed by atoms with Crippen LogP contribution in [0.4, 0.5) is 11.4 Å². The fraction of sp³-hybridized carbons (Fsp3) is 0.462. The molecule has 1 amide bonds. The second-order valence-corrected chi connectivity index (χ2v) is 4.44. The van der Waals surface area contributed by atoms with Crippen LogP contribution in [0.3, 0.4) is 0 Å². The van der Waals surface area contributed by atoms with Gasteiger partial charge in [-0.25, -0.2) is 0 Å². The number of para-hydroxylation sites is 1. The summed E-state index contributed by atoms with van der Waals surface area (Å²) in [4.78, 5) is 16.1. The Morgan fingerprint density at radius 3 is 3.11 bits per heavy atom. The predicted octanol–water partition coefficient (Wildman–Crippen LogP) is 0.878. The van der Waals surface area contributed by atoms with E-state index in [1.54, 1.807) is 4.90 Å². The second-order valence-electron chi connectivity index (χ2n) is 4.44. The van der Waals surface area contributed by atoms with Gasteiger partial charge in [-0.1, -0.05) is 6.07 Å². The number of carbonyl (C=O) groups is 1. The lowest BCUT2D eigenvalue weighted by Crippen LogP contribution is -2.47. The maximum absolute atomic E-state index is 12.0. The van der Waals surface area contributed by atoms with Crippen LogP contribution >= 0.6 is 0 Å². The van der Waals surface area contributed by atoms with E-state index >= 15 is 0 Å². The molecule has 2 aliphatic rings. The van der Waals surface area contributed by atoms with Crippen molar-refractivity contribution in [3.05, 3.63) is 18.2 Å². The largest absolute Gasteiger partial charge is 0.489 e. The molecule has 0 saturated heterocycles. The summed E-state index contributed by atoms with van der Waals surface area (Å²) >= 11 is 0. The summed E-state index contributed by atoms with van der Waals surface area (Å²) in [6.45, 7) is 3.27. The van der Waals surface area contributed by atoms with Gasteiger partial charge in [0.05, 0.1) is 12.2 Å². The van der Waals surface area contributed by atoms with Gasteiger partial charge in [0.15, 0.2) is 0 Å². The molecule has 0 atom stereocenters. The van der Waals surface area contributed by atoms with Crippen molar-refractivity contribution in [1.82, 2.24) is 0 Å². The Kier molecular flexibility index (Phi) is 2.83. The standard InChI is InChI=1S/C13H16N2O3/c1-17-9-12(16)15-6-5-14-7-8-18-11-4-2-3-10(15)13(11)14/h2-4H,5-9H2,1H3. The molecule has 0 unspecified atom stereocenters. The van der Waals surface area contributed by atoms with Crippen LogP contribution in [-0.2, 0) is 9.53 Å². The maximum Gasteiger partial charge on any atom is 0.253 e. The van der Waals surface area contributed by atoms with E-state index in [0.717, 1.165) is 30.2 Å². The average molecular weight is 248 g/mol. The number of hydrogen-bond donors (Lipinski definition) is 0. The van der Waals surface area contributed by atoms with E-state index in [1.807, 2.05) is 18.2 Å². The smallest absolute Gasteiger partial charge is 0.253 e. The summed E-state index contributed by atoms with van der Waals surface area (Å²) in [5, 5.41) is 0. The van der Waals surface area contributed by atoms with Gasteiger partial charge < -0.3 is 19.3 Å². The molecule has 0 aliphatic carbocycles. The van der Waals surface area contributed by atoms with Gasteiger partial charge in [-0.2, -0.15) is 0 Å². The van der Waals surface area contributed by atoms with Gasteiger partial charge in [-0.05, 0) is 12.1 Å². The van der Waals surface area contributed by atoms with Crippen molar-refractivity contribution in [1.29, 1.82) is 0 Å². The lowest BCUT2D eigenvalue weighted by atomic mass is 10.1. The van der Waals surface area contributed by atoms with E-state index in [2.05, 4.69) is 4.90 Å². The van der Waals surface area contributed by atoms with Crippen molar-refractivity contribution < 1.29 is 14.3 Å². The fourth-order valence-corrected chi connectivity index (χ4v) is 2.57. The molecule has 1 aromatic carbocycles. The van der Waals surface area contributed by atoms with Gasteiger partial charge in [0, 0.05) is 20.2 Å². The molecule has 0 saturated carbocycles. The quantitative estimate of drug-likeness (QED) is 0.779.